The van der Waals surface area contributed by atoms with Gasteiger partial charge in [-0.05, 0) is 36.4 Å². The lowest BCUT2D eigenvalue weighted by atomic mass is 10.2. The normalized spacial score (nSPS) is 10.5. The van der Waals surface area contributed by atoms with Gasteiger partial charge in [-0.15, -0.1) is 10.2 Å². The summed E-state index contributed by atoms with van der Waals surface area (Å²) in [6.07, 6.45) is 0. The zero-order valence-electron chi connectivity index (χ0n) is 16.6. The standard InChI is InChI=1S/C20H22N4O4S/c1-24-19(13-5-8-15(26-2)9-6-13)22-23-20(24)29-12-18(25)21-14-7-10-16(27-3)17(11-14)28-4/h5-11H,12H2,1-4H3,(H,21,25). The Balaban J connectivity index is 1.62. The van der Waals surface area contributed by atoms with Gasteiger partial charge in [-0.25, -0.2) is 0 Å². The molecule has 2 aromatic carbocycles. The molecule has 0 spiro atoms. The number of nitrogens with one attached hydrogen (secondary N) is 1. The lowest BCUT2D eigenvalue weighted by molar-refractivity contribution is -0.113. The van der Waals surface area contributed by atoms with Crippen molar-refractivity contribution in [3.05, 3.63) is 42.5 Å². The second-order valence-corrected chi connectivity index (χ2v) is 6.94. The largest absolute Gasteiger partial charge is 0.497 e. The summed E-state index contributed by atoms with van der Waals surface area (Å²) in [5.41, 5.74) is 1.55. The molecule has 1 N–H and O–H groups in total. The van der Waals surface area contributed by atoms with Gasteiger partial charge in [-0.1, -0.05) is 11.8 Å². The fraction of sp³-hybridized carbons (Fsp3) is 0.250. The van der Waals surface area contributed by atoms with Crippen molar-refractivity contribution in [2.24, 2.45) is 7.05 Å². The summed E-state index contributed by atoms with van der Waals surface area (Å²) in [5.74, 6) is 2.69. The lowest BCUT2D eigenvalue weighted by Crippen LogP contribution is -2.14. The molecule has 0 aliphatic rings. The van der Waals surface area contributed by atoms with Crippen molar-refractivity contribution in [1.29, 1.82) is 0 Å². The molecule has 0 bridgehead atoms. The maximum absolute atomic E-state index is 12.3. The van der Waals surface area contributed by atoms with Gasteiger partial charge in [-0.3, -0.25) is 4.79 Å². The van der Waals surface area contributed by atoms with Crippen molar-refractivity contribution in [1.82, 2.24) is 14.8 Å². The highest BCUT2D eigenvalue weighted by molar-refractivity contribution is 7.99. The van der Waals surface area contributed by atoms with Crippen molar-refractivity contribution in [2.75, 3.05) is 32.4 Å². The van der Waals surface area contributed by atoms with Crippen molar-refractivity contribution in [3.8, 4) is 28.6 Å². The highest BCUT2D eigenvalue weighted by Crippen LogP contribution is 2.30. The number of carbonyl (C=O) groups is 1. The maximum atomic E-state index is 12.3. The van der Waals surface area contributed by atoms with Crippen LogP contribution >= 0.6 is 11.8 Å². The average molecular weight is 414 g/mol. The molecule has 8 nitrogen and oxygen atoms in total. The summed E-state index contributed by atoms with van der Waals surface area (Å²) in [6, 6.07) is 12.8. The first-order valence-electron chi connectivity index (χ1n) is 8.74. The number of carbonyl (C=O) groups excluding carboxylic acids is 1. The highest BCUT2D eigenvalue weighted by Gasteiger charge is 2.14. The van der Waals surface area contributed by atoms with Gasteiger partial charge in [0.25, 0.3) is 0 Å². The van der Waals surface area contributed by atoms with Gasteiger partial charge in [-0.2, -0.15) is 0 Å². The quantitative estimate of drug-likeness (QED) is 0.566. The Bertz CT molecular complexity index is 989. The molecule has 3 rings (SSSR count). The first-order valence-corrected chi connectivity index (χ1v) is 9.72. The van der Waals surface area contributed by atoms with E-state index in [4.69, 9.17) is 14.2 Å². The number of thioether (sulfide) groups is 1. The van der Waals surface area contributed by atoms with Crippen molar-refractivity contribution in [2.45, 2.75) is 5.16 Å². The van der Waals surface area contributed by atoms with E-state index < -0.39 is 0 Å². The van der Waals surface area contributed by atoms with E-state index in [1.807, 2.05) is 35.9 Å². The smallest absolute Gasteiger partial charge is 0.234 e. The van der Waals surface area contributed by atoms with E-state index in [0.29, 0.717) is 22.3 Å². The molecule has 0 fully saturated rings. The molecule has 0 atom stereocenters. The van der Waals surface area contributed by atoms with Crippen LogP contribution in [0.2, 0.25) is 0 Å². The lowest BCUT2D eigenvalue weighted by Gasteiger charge is -2.10. The zero-order chi connectivity index (χ0) is 20.8. The predicted molar refractivity (Wildman–Crippen MR) is 112 cm³/mol. The molecule has 29 heavy (non-hydrogen) atoms. The van der Waals surface area contributed by atoms with E-state index >= 15 is 0 Å². The highest BCUT2D eigenvalue weighted by atomic mass is 32.2. The van der Waals surface area contributed by atoms with E-state index in [1.54, 1.807) is 39.5 Å². The summed E-state index contributed by atoms with van der Waals surface area (Å²) in [5, 5.41) is 11.9. The van der Waals surface area contributed by atoms with E-state index in [1.165, 1.54) is 11.8 Å². The van der Waals surface area contributed by atoms with E-state index in [-0.39, 0.29) is 11.7 Å². The van der Waals surface area contributed by atoms with Crippen molar-refractivity contribution in [3.63, 3.8) is 0 Å². The van der Waals surface area contributed by atoms with Crippen LogP contribution in [-0.2, 0) is 11.8 Å². The zero-order valence-corrected chi connectivity index (χ0v) is 17.4. The predicted octanol–water partition coefficient (Wildman–Crippen LogP) is 3.24. The molecule has 3 aromatic rings. The Kier molecular flexibility index (Phi) is 6.61. The van der Waals surface area contributed by atoms with Crippen LogP contribution in [0.4, 0.5) is 5.69 Å². The molecular formula is C20H22N4O4S. The molecule has 1 heterocycles. The van der Waals surface area contributed by atoms with Gasteiger partial charge in [0.1, 0.15) is 5.75 Å². The minimum absolute atomic E-state index is 0.156. The third kappa shape index (κ3) is 4.80. The summed E-state index contributed by atoms with van der Waals surface area (Å²) in [7, 11) is 6.61. The molecule has 0 saturated heterocycles. The van der Waals surface area contributed by atoms with Gasteiger partial charge in [0.15, 0.2) is 22.5 Å². The van der Waals surface area contributed by atoms with Crippen LogP contribution in [0.5, 0.6) is 17.2 Å². The van der Waals surface area contributed by atoms with Crippen LogP contribution in [0.3, 0.4) is 0 Å². The van der Waals surface area contributed by atoms with Crippen LogP contribution in [-0.4, -0.2) is 47.8 Å². The molecule has 0 aliphatic carbocycles. The summed E-state index contributed by atoms with van der Waals surface area (Å²) < 4.78 is 17.5. The first kappa shape index (κ1) is 20.5. The summed E-state index contributed by atoms with van der Waals surface area (Å²) in [4.78, 5) is 12.3. The van der Waals surface area contributed by atoms with Gasteiger partial charge in [0.2, 0.25) is 5.91 Å². The number of hydrogen-bond donors (Lipinski definition) is 1. The Labute approximate surface area is 173 Å². The summed E-state index contributed by atoms with van der Waals surface area (Å²) in [6.45, 7) is 0. The monoisotopic (exact) mass is 414 g/mol. The minimum atomic E-state index is -0.156. The molecular weight excluding hydrogens is 392 g/mol. The SMILES string of the molecule is COc1ccc(-c2nnc(SCC(=O)Nc3ccc(OC)c(OC)c3)n2C)cc1. The average Bonchev–Trinajstić information content (AvgIpc) is 3.12. The molecule has 1 amide bonds. The van der Waals surface area contributed by atoms with Gasteiger partial charge < -0.3 is 24.1 Å². The van der Waals surface area contributed by atoms with Crippen LogP contribution in [0.25, 0.3) is 11.4 Å². The number of aromatic nitrogens is 3. The van der Waals surface area contributed by atoms with Crippen molar-refractivity contribution >= 4 is 23.4 Å². The number of amides is 1. The molecule has 0 aliphatic heterocycles. The Hall–Kier alpha value is -3.20. The van der Waals surface area contributed by atoms with Crippen LogP contribution in [0.1, 0.15) is 0 Å². The van der Waals surface area contributed by atoms with E-state index in [2.05, 4.69) is 15.5 Å². The van der Waals surface area contributed by atoms with E-state index in [9.17, 15) is 4.79 Å². The Morgan fingerprint density at radius 3 is 2.38 bits per heavy atom. The number of methoxy groups -OCH3 is 3. The number of benzene rings is 2. The van der Waals surface area contributed by atoms with E-state index in [0.717, 1.165) is 17.1 Å². The molecule has 1 aromatic heterocycles. The first-order chi connectivity index (χ1) is 14.0. The van der Waals surface area contributed by atoms with Crippen molar-refractivity contribution < 1.29 is 19.0 Å². The second-order valence-electron chi connectivity index (χ2n) is 6.00. The van der Waals surface area contributed by atoms with Crippen LogP contribution in [0, 0.1) is 0 Å². The van der Waals surface area contributed by atoms with Crippen LogP contribution in [0.15, 0.2) is 47.6 Å². The summed E-state index contributed by atoms with van der Waals surface area (Å²) >= 11 is 1.31. The Morgan fingerprint density at radius 1 is 1.00 bits per heavy atom. The van der Waals surface area contributed by atoms with Crippen LogP contribution < -0.4 is 19.5 Å². The molecule has 0 saturated carbocycles. The van der Waals surface area contributed by atoms with Gasteiger partial charge in [0.05, 0.1) is 27.1 Å². The minimum Gasteiger partial charge on any atom is -0.497 e. The second kappa shape index (κ2) is 9.33. The third-order valence-electron chi connectivity index (χ3n) is 4.18. The third-order valence-corrected chi connectivity index (χ3v) is 5.20. The number of hydrogen-bond acceptors (Lipinski definition) is 7. The number of ether oxygens (including phenoxy) is 3. The molecule has 152 valence electrons. The fourth-order valence-corrected chi connectivity index (χ4v) is 3.38. The number of anilines is 1. The maximum Gasteiger partial charge on any atom is 0.234 e. The molecule has 9 heteroatoms. The van der Waals surface area contributed by atoms with Gasteiger partial charge >= 0.3 is 0 Å². The molecule has 0 radical (unpaired) electrons. The molecule has 0 unspecified atom stereocenters. The number of nitrogens with zero attached hydrogens (tertiary/aromatic N) is 3. The topological polar surface area (TPSA) is 87.5 Å². The van der Waals surface area contributed by atoms with Gasteiger partial charge in [0, 0.05) is 24.4 Å². The fourth-order valence-electron chi connectivity index (χ4n) is 2.67. The Morgan fingerprint density at radius 2 is 1.72 bits per heavy atom. The number of rotatable bonds is 8.